The molecule has 5 N–H and O–H groups in total. The van der Waals surface area contributed by atoms with Crippen LogP contribution in [-0.2, 0) is 4.79 Å². The molecule has 2 fully saturated rings. The lowest BCUT2D eigenvalue weighted by molar-refractivity contribution is -0.123. The topological polar surface area (TPSA) is 113 Å². The molecule has 1 saturated carbocycles. The molecular formula is C34H39N7O. The number of pyridine rings is 1. The number of nitrogens with one attached hydrogen (secondary N) is 1. The van der Waals surface area contributed by atoms with Crippen molar-refractivity contribution in [2.45, 2.75) is 44.7 Å². The molecule has 1 aromatic heterocycles. The van der Waals surface area contributed by atoms with Crippen molar-refractivity contribution < 1.29 is 4.79 Å². The number of primary amides is 1. The predicted octanol–water partition coefficient (Wildman–Crippen LogP) is 4.65. The number of carbonyl (C=O) groups is 1. The number of aromatic nitrogens is 1. The van der Waals surface area contributed by atoms with Crippen molar-refractivity contribution in [3.8, 4) is 11.3 Å². The average molecular weight is 562 g/mol. The summed E-state index contributed by atoms with van der Waals surface area (Å²) in [5.41, 5.74) is 18.1. The fraction of sp³-hybridized carbons (Fsp3) is 0.382. The summed E-state index contributed by atoms with van der Waals surface area (Å²) in [6.07, 6.45) is 10.6. The summed E-state index contributed by atoms with van der Waals surface area (Å²) in [6.45, 7) is 3.10. The lowest BCUT2D eigenvalue weighted by Gasteiger charge is -2.39. The molecule has 216 valence electrons. The molecule has 7 rings (SSSR count). The van der Waals surface area contributed by atoms with E-state index in [2.05, 4.69) is 68.8 Å². The number of aliphatic imine (C=N–C) groups is 1. The van der Waals surface area contributed by atoms with Gasteiger partial charge in [0.2, 0.25) is 5.91 Å². The van der Waals surface area contributed by atoms with Crippen molar-refractivity contribution in [1.82, 2.24) is 20.1 Å². The molecule has 0 spiro atoms. The maximum Gasteiger partial charge on any atom is 0.220 e. The van der Waals surface area contributed by atoms with Crippen molar-refractivity contribution in [3.05, 3.63) is 84.3 Å². The molecule has 1 unspecified atom stereocenters. The summed E-state index contributed by atoms with van der Waals surface area (Å²) in [5.74, 6) is 1.67. The highest BCUT2D eigenvalue weighted by Gasteiger charge is 2.40. The third kappa shape index (κ3) is 5.15. The Morgan fingerprint density at radius 1 is 0.929 bits per heavy atom. The van der Waals surface area contributed by atoms with Crippen LogP contribution in [0.2, 0.25) is 0 Å². The van der Waals surface area contributed by atoms with Crippen molar-refractivity contribution in [2.24, 2.45) is 34.2 Å². The number of rotatable bonds is 6. The van der Waals surface area contributed by atoms with Gasteiger partial charge in [-0.15, -0.1) is 0 Å². The SMILES string of the molecule is NC(=O)C1CCN(CC2CCC(C3NC(c4ccc5ccc(-c6ccccc6)nc5c4)=C4C(N)=NC=CN43)CC2)CC1. The van der Waals surface area contributed by atoms with Crippen LogP contribution in [0.25, 0.3) is 27.9 Å². The van der Waals surface area contributed by atoms with E-state index in [1.807, 2.05) is 24.4 Å². The molecule has 4 aliphatic rings. The number of nitrogens with zero attached hydrogens (tertiary/aromatic N) is 4. The number of hydrogen-bond acceptors (Lipinski definition) is 7. The van der Waals surface area contributed by atoms with Crippen LogP contribution in [0.4, 0.5) is 0 Å². The van der Waals surface area contributed by atoms with Crippen LogP contribution in [0.15, 0.2) is 83.8 Å². The maximum atomic E-state index is 11.5. The number of piperidine rings is 1. The van der Waals surface area contributed by atoms with Gasteiger partial charge in [-0.2, -0.15) is 0 Å². The number of carbonyl (C=O) groups excluding carboxylic acids is 1. The first kappa shape index (κ1) is 26.7. The number of hydrogen-bond donors (Lipinski definition) is 3. The van der Waals surface area contributed by atoms with Crippen LogP contribution < -0.4 is 16.8 Å². The lowest BCUT2D eigenvalue weighted by atomic mass is 9.79. The van der Waals surface area contributed by atoms with Crippen LogP contribution in [0.5, 0.6) is 0 Å². The van der Waals surface area contributed by atoms with Gasteiger partial charge in [-0.25, -0.2) is 9.98 Å². The van der Waals surface area contributed by atoms with Gasteiger partial charge in [-0.3, -0.25) is 4.79 Å². The largest absolute Gasteiger partial charge is 0.382 e. The predicted molar refractivity (Wildman–Crippen MR) is 167 cm³/mol. The van der Waals surface area contributed by atoms with Crippen LogP contribution in [0, 0.1) is 17.8 Å². The number of amides is 1. The van der Waals surface area contributed by atoms with Gasteiger partial charge < -0.3 is 26.6 Å². The molecule has 0 radical (unpaired) electrons. The minimum atomic E-state index is -0.138. The number of nitrogens with two attached hydrogens (primary N) is 2. The molecule has 1 aliphatic carbocycles. The number of benzene rings is 2. The Labute approximate surface area is 247 Å². The highest BCUT2D eigenvalue weighted by Crippen LogP contribution is 2.40. The first-order chi connectivity index (χ1) is 20.5. The zero-order chi connectivity index (χ0) is 28.6. The molecule has 42 heavy (non-hydrogen) atoms. The van der Waals surface area contributed by atoms with Gasteiger partial charge in [0.1, 0.15) is 17.7 Å². The van der Waals surface area contributed by atoms with Crippen molar-refractivity contribution in [2.75, 3.05) is 19.6 Å². The van der Waals surface area contributed by atoms with E-state index in [-0.39, 0.29) is 18.0 Å². The Kier molecular flexibility index (Phi) is 7.15. The highest BCUT2D eigenvalue weighted by atomic mass is 16.1. The van der Waals surface area contributed by atoms with E-state index in [0.717, 1.165) is 71.6 Å². The highest BCUT2D eigenvalue weighted by molar-refractivity contribution is 6.05. The van der Waals surface area contributed by atoms with Gasteiger partial charge in [0.05, 0.1) is 16.9 Å². The van der Waals surface area contributed by atoms with E-state index in [4.69, 9.17) is 16.5 Å². The van der Waals surface area contributed by atoms with Crippen LogP contribution in [0.1, 0.15) is 44.1 Å². The Balaban J connectivity index is 1.07. The second-order valence-corrected chi connectivity index (χ2v) is 12.3. The van der Waals surface area contributed by atoms with Gasteiger partial charge in [0.15, 0.2) is 0 Å². The molecular weight excluding hydrogens is 522 g/mol. The third-order valence-electron chi connectivity index (χ3n) is 9.67. The van der Waals surface area contributed by atoms with E-state index in [9.17, 15) is 4.79 Å². The van der Waals surface area contributed by atoms with Gasteiger partial charge in [-0.05, 0) is 75.6 Å². The quantitative estimate of drug-likeness (QED) is 0.404. The van der Waals surface area contributed by atoms with Crippen LogP contribution in [0.3, 0.4) is 0 Å². The fourth-order valence-corrected chi connectivity index (χ4v) is 7.29. The zero-order valence-corrected chi connectivity index (χ0v) is 24.0. The summed E-state index contributed by atoms with van der Waals surface area (Å²) in [7, 11) is 0. The first-order valence-corrected chi connectivity index (χ1v) is 15.3. The Morgan fingerprint density at radius 3 is 2.45 bits per heavy atom. The van der Waals surface area contributed by atoms with Crippen LogP contribution in [-0.4, -0.2) is 52.3 Å². The van der Waals surface area contributed by atoms with Crippen molar-refractivity contribution >= 4 is 28.3 Å². The summed E-state index contributed by atoms with van der Waals surface area (Å²) in [5, 5.41) is 4.99. The van der Waals surface area contributed by atoms with E-state index < -0.39 is 0 Å². The van der Waals surface area contributed by atoms with Crippen molar-refractivity contribution in [1.29, 1.82) is 0 Å². The second kappa shape index (κ2) is 11.2. The molecule has 4 heterocycles. The lowest BCUT2D eigenvalue weighted by Crippen LogP contribution is -2.45. The first-order valence-electron chi connectivity index (χ1n) is 15.3. The molecule has 2 aromatic carbocycles. The summed E-state index contributed by atoms with van der Waals surface area (Å²) in [4.78, 5) is 25.9. The van der Waals surface area contributed by atoms with Gasteiger partial charge in [0, 0.05) is 41.4 Å². The standard InChI is InChI=1S/C34H39N7O/c35-32-31-30(27-11-10-24-12-13-28(38-29(24)20-27)23-4-2-1-3-5-23)39-34(41(31)19-16-37-32)26-8-6-22(7-9-26)21-40-17-14-25(15-18-40)33(36)42/h1-5,10-13,16,19-20,22,25-26,34,39H,6-9,14-15,17-18,21H2,(H2,35,37)(H2,36,42). The van der Waals surface area contributed by atoms with E-state index in [1.54, 1.807) is 0 Å². The van der Waals surface area contributed by atoms with Gasteiger partial charge in [-0.1, -0.05) is 48.5 Å². The Hall–Kier alpha value is -4.17. The van der Waals surface area contributed by atoms with E-state index >= 15 is 0 Å². The minimum absolute atomic E-state index is 0.0548. The Bertz CT molecular complexity index is 1560. The van der Waals surface area contributed by atoms with Crippen LogP contribution >= 0.6 is 0 Å². The van der Waals surface area contributed by atoms with Crippen molar-refractivity contribution in [3.63, 3.8) is 0 Å². The zero-order valence-electron chi connectivity index (χ0n) is 24.0. The maximum absolute atomic E-state index is 11.5. The normalized spacial score (nSPS) is 24.9. The number of likely N-dealkylation sites (tertiary alicyclic amines) is 1. The molecule has 1 amide bonds. The number of fused-ring (bicyclic) bond motifs is 2. The van der Waals surface area contributed by atoms with Gasteiger partial charge >= 0.3 is 0 Å². The molecule has 3 aliphatic heterocycles. The molecule has 1 saturated heterocycles. The van der Waals surface area contributed by atoms with E-state index in [0.29, 0.717) is 17.7 Å². The molecule has 1 atom stereocenters. The Morgan fingerprint density at radius 2 is 1.69 bits per heavy atom. The summed E-state index contributed by atoms with van der Waals surface area (Å²) < 4.78 is 0. The third-order valence-corrected chi connectivity index (χ3v) is 9.67. The minimum Gasteiger partial charge on any atom is -0.382 e. The fourth-order valence-electron chi connectivity index (χ4n) is 7.29. The average Bonchev–Trinajstić information content (AvgIpc) is 3.43. The smallest absolute Gasteiger partial charge is 0.220 e. The van der Waals surface area contributed by atoms with Gasteiger partial charge in [0.25, 0.3) is 0 Å². The molecule has 0 bridgehead atoms. The second-order valence-electron chi connectivity index (χ2n) is 12.3. The molecule has 8 nitrogen and oxygen atoms in total. The molecule has 3 aromatic rings. The monoisotopic (exact) mass is 561 g/mol. The van der Waals surface area contributed by atoms with E-state index in [1.165, 1.54) is 25.7 Å². The summed E-state index contributed by atoms with van der Waals surface area (Å²) in [6, 6.07) is 21.0. The summed E-state index contributed by atoms with van der Waals surface area (Å²) >= 11 is 0. The number of amidine groups is 1. The molecule has 8 heteroatoms.